The molecule has 0 radical (unpaired) electrons. The van der Waals surface area contributed by atoms with Gasteiger partial charge in [-0.2, -0.15) is 0 Å². The fraction of sp³-hybridized carbons (Fsp3) is 0.350. The highest BCUT2D eigenvalue weighted by molar-refractivity contribution is 8.18. The maximum Gasteiger partial charge on any atom is 0.346 e. The Bertz CT molecular complexity index is 884. The zero-order valence-electron chi connectivity index (χ0n) is 16.0. The first kappa shape index (κ1) is 19.2. The standard InChI is InChI=1S/C20H22N2O4S/c1-6-26-19(24)17-13(4)22-16(14-9-7-11(2)8-10-14)15(18(23)25-5)12(3)21-20(22)27-17/h7-10,16H,6H2,1-5H3/t16-/m1/s1. The van der Waals surface area contributed by atoms with Gasteiger partial charge in [-0.1, -0.05) is 29.8 Å². The number of amidine groups is 1. The molecule has 1 aromatic rings. The van der Waals surface area contributed by atoms with Crippen molar-refractivity contribution < 1.29 is 19.1 Å². The summed E-state index contributed by atoms with van der Waals surface area (Å²) >= 11 is 1.27. The number of hydrogen-bond acceptors (Lipinski definition) is 7. The van der Waals surface area contributed by atoms with Crippen LogP contribution >= 0.6 is 11.8 Å². The molecule has 0 amide bonds. The van der Waals surface area contributed by atoms with Crippen molar-refractivity contribution in [2.45, 2.75) is 33.7 Å². The number of fused-ring (bicyclic) bond motifs is 1. The number of methoxy groups -OCH3 is 1. The van der Waals surface area contributed by atoms with Crippen LogP contribution in [0.3, 0.4) is 0 Å². The molecule has 2 aliphatic heterocycles. The molecule has 2 aliphatic rings. The molecule has 27 heavy (non-hydrogen) atoms. The molecule has 0 N–H and O–H groups in total. The second-order valence-electron chi connectivity index (χ2n) is 6.31. The number of nitrogens with zero attached hydrogens (tertiary/aromatic N) is 2. The van der Waals surface area contributed by atoms with Crippen LogP contribution in [0.5, 0.6) is 0 Å². The zero-order valence-corrected chi connectivity index (χ0v) is 16.8. The summed E-state index contributed by atoms with van der Waals surface area (Å²) < 4.78 is 10.2. The highest BCUT2D eigenvalue weighted by atomic mass is 32.2. The molecule has 0 bridgehead atoms. The summed E-state index contributed by atoms with van der Waals surface area (Å²) in [7, 11) is 1.36. The molecule has 142 valence electrons. The van der Waals surface area contributed by atoms with Crippen LogP contribution in [0, 0.1) is 6.92 Å². The lowest BCUT2D eigenvalue weighted by atomic mass is 9.93. The molecule has 1 atom stereocenters. The summed E-state index contributed by atoms with van der Waals surface area (Å²) in [6, 6.07) is 7.56. The topological polar surface area (TPSA) is 68.2 Å². The smallest absolute Gasteiger partial charge is 0.346 e. The molecule has 0 saturated carbocycles. The molecule has 0 fully saturated rings. The highest BCUT2D eigenvalue weighted by Crippen LogP contribution is 2.47. The third-order valence-corrected chi connectivity index (χ3v) is 5.67. The number of ether oxygens (including phenoxy) is 2. The van der Waals surface area contributed by atoms with Gasteiger partial charge in [-0.05, 0) is 45.0 Å². The Morgan fingerprint density at radius 2 is 1.81 bits per heavy atom. The molecule has 1 aromatic carbocycles. The van der Waals surface area contributed by atoms with E-state index in [9.17, 15) is 9.59 Å². The lowest BCUT2D eigenvalue weighted by Crippen LogP contribution is -2.36. The third-order valence-electron chi connectivity index (χ3n) is 4.53. The van der Waals surface area contributed by atoms with Gasteiger partial charge in [-0.15, -0.1) is 0 Å². The first-order chi connectivity index (χ1) is 12.9. The number of rotatable bonds is 4. The van der Waals surface area contributed by atoms with Gasteiger partial charge in [-0.25, -0.2) is 14.6 Å². The molecule has 2 heterocycles. The predicted molar refractivity (Wildman–Crippen MR) is 105 cm³/mol. The van der Waals surface area contributed by atoms with E-state index >= 15 is 0 Å². The minimum Gasteiger partial charge on any atom is -0.466 e. The Labute approximate surface area is 162 Å². The fourth-order valence-corrected chi connectivity index (χ4v) is 4.29. The van der Waals surface area contributed by atoms with E-state index in [-0.39, 0.29) is 5.97 Å². The second kappa shape index (κ2) is 7.60. The van der Waals surface area contributed by atoms with Crippen molar-refractivity contribution in [1.82, 2.24) is 4.90 Å². The number of carbonyl (C=O) groups excluding carboxylic acids is 2. The van der Waals surface area contributed by atoms with Gasteiger partial charge < -0.3 is 14.4 Å². The minimum atomic E-state index is -0.428. The summed E-state index contributed by atoms with van der Waals surface area (Å²) in [4.78, 5) is 31.9. The summed E-state index contributed by atoms with van der Waals surface area (Å²) in [5.74, 6) is -0.805. The lowest BCUT2D eigenvalue weighted by molar-refractivity contribution is -0.138. The van der Waals surface area contributed by atoms with E-state index in [1.807, 2.05) is 43.0 Å². The van der Waals surface area contributed by atoms with E-state index < -0.39 is 12.0 Å². The van der Waals surface area contributed by atoms with Crippen molar-refractivity contribution in [1.29, 1.82) is 0 Å². The van der Waals surface area contributed by atoms with Gasteiger partial charge in [0.05, 0.1) is 31.0 Å². The second-order valence-corrected chi connectivity index (χ2v) is 7.28. The largest absolute Gasteiger partial charge is 0.466 e. The number of benzene rings is 1. The molecule has 0 unspecified atom stereocenters. The van der Waals surface area contributed by atoms with Crippen molar-refractivity contribution in [3.05, 3.63) is 57.3 Å². The predicted octanol–water partition coefficient (Wildman–Crippen LogP) is 3.70. The number of thioether (sulfide) groups is 1. The Morgan fingerprint density at radius 1 is 1.15 bits per heavy atom. The fourth-order valence-electron chi connectivity index (χ4n) is 3.20. The molecule has 0 spiro atoms. The number of aryl methyl sites for hydroxylation is 1. The van der Waals surface area contributed by atoms with E-state index in [0.717, 1.165) is 16.8 Å². The average molecular weight is 386 g/mol. The Morgan fingerprint density at radius 3 is 2.41 bits per heavy atom. The number of hydrogen-bond donors (Lipinski definition) is 0. The first-order valence-corrected chi connectivity index (χ1v) is 9.50. The van der Waals surface area contributed by atoms with Gasteiger partial charge in [-0.3, -0.25) is 0 Å². The van der Waals surface area contributed by atoms with Crippen LogP contribution in [-0.2, 0) is 19.1 Å². The van der Waals surface area contributed by atoms with E-state index in [4.69, 9.17) is 9.47 Å². The third kappa shape index (κ3) is 3.39. The van der Waals surface area contributed by atoms with Crippen LogP contribution < -0.4 is 0 Å². The van der Waals surface area contributed by atoms with Gasteiger partial charge in [0.1, 0.15) is 4.91 Å². The lowest BCUT2D eigenvalue weighted by Gasteiger charge is -2.35. The highest BCUT2D eigenvalue weighted by Gasteiger charge is 2.43. The van der Waals surface area contributed by atoms with Crippen LogP contribution in [0.15, 0.2) is 51.1 Å². The summed E-state index contributed by atoms with van der Waals surface area (Å²) in [5.41, 5.74) is 3.83. The van der Waals surface area contributed by atoms with Gasteiger partial charge >= 0.3 is 11.9 Å². The van der Waals surface area contributed by atoms with Crippen LogP contribution in [0.25, 0.3) is 0 Å². The van der Waals surface area contributed by atoms with Crippen molar-refractivity contribution >= 4 is 28.9 Å². The van der Waals surface area contributed by atoms with E-state index in [2.05, 4.69) is 4.99 Å². The molecule has 3 rings (SSSR count). The Kier molecular flexibility index (Phi) is 5.41. The van der Waals surface area contributed by atoms with Gasteiger partial charge in [0, 0.05) is 5.70 Å². The van der Waals surface area contributed by atoms with Crippen LogP contribution in [0.1, 0.15) is 37.9 Å². The van der Waals surface area contributed by atoms with Gasteiger partial charge in [0.25, 0.3) is 0 Å². The Balaban J connectivity index is 2.15. The Hall–Kier alpha value is -2.54. The maximum absolute atomic E-state index is 12.6. The molecular weight excluding hydrogens is 364 g/mol. The van der Waals surface area contributed by atoms with E-state index in [1.165, 1.54) is 18.9 Å². The van der Waals surface area contributed by atoms with Crippen molar-refractivity contribution in [3.63, 3.8) is 0 Å². The number of esters is 2. The summed E-state index contributed by atoms with van der Waals surface area (Å²) in [6.07, 6.45) is 0. The molecule has 0 aliphatic carbocycles. The molecule has 0 aromatic heterocycles. The molecule has 6 nitrogen and oxygen atoms in total. The van der Waals surface area contributed by atoms with Crippen molar-refractivity contribution in [2.75, 3.05) is 13.7 Å². The summed E-state index contributed by atoms with van der Waals surface area (Å²) in [6.45, 7) is 7.72. The van der Waals surface area contributed by atoms with Crippen LogP contribution in [0.2, 0.25) is 0 Å². The minimum absolute atomic E-state index is 0.300. The number of allylic oxidation sites excluding steroid dienone is 2. The quantitative estimate of drug-likeness (QED) is 0.735. The maximum atomic E-state index is 12.6. The van der Waals surface area contributed by atoms with E-state index in [0.29, 0.717) is 27.9 Å². The van der Waals surface area contributed by atoms with Crippen molar-refractivity contribution in [3.8, 4) is 0 Å². The number of carbonyl (C=O) groups is 2. The first-order valence-electron chi connectivity index (χ1n) is 8.68. The normalized spacial score (nSPS) is 19.1. The monoisotopic (exact) mass is 386 g/mol. The molecule has 7 heteroatoms. The van der Waals surface area contributed by atoms with Crippen LogP contribution in [-0.4, -0.2) is 35.7 Å². The SMILES string of the molecule is CCOC(=O)C1=C(C)N2C(=NC(C)=C(C(=O)OC)[C@H]2c2ccc(C)cc2)S1. The van der Waals surface area contributed by atoms with E-state index in [1.54, 1.807) is 13.8 Å². The van der Waals surface area contributed by atoms with Gasteiger partial charge in [0.2, 0.25) is 0 Å². The molecule has 0 saturated heterocycles. The van der Waals surface area contributed by atoms with Gasteiger partial charge in [0.15, 0.2) is 5.17 Å². The van der Waals surface area contributed by atoms with Crippen molar-refractivity contribution in [2.24, 2.45) is 4.99 Å². The number of aliphatic imine (C=N–C) groups is 1. The molecular formula is C20H22N2O4S. The average Bonchev–Trinajstić information content (AvgIpc) is 2.97. The van der Waals surface area contributed by atoms with Crippen LogP contribution in [0.4, 0.5) is 0 Å². The summed E-state index contributed by atoms with van der Waals surface area (Å²) in [5, 5.41) is 0.659. The zero-order chi connectivity index (χ0) is 19.7.